The molecule has 0 aliphatic carbocycles. The average Bonchev–Trinajstić information content (AvgIpc) is 3.34. The number of morpholine rings is 1. The molecular formula is C26H25N5O5S. The Hall–Kier alpha value is -3.96. The molecule has 190 valence electrons. The van der Waals surface area contributed by atoms with Crippen molar-refractivity contribution in [3.8, 4) is 17.1 Å². The van der Waals surface area contributed by atoms with Gasteiger partial charge in [-0.1, -0.05) is 12.1 Å². The normalized spacial score (nSPS) is 17.6. The number of ether oxygens (including phenoxy) is 2. The zero-order valence-corrected chi connectivity index (χ0v) is 21.2. The maximum absolute atomic E-state index is 13.5. The van der Waals surface area contributed by atoms with Gasteiger partial charge in [-0.2, -0.15) is 0 Å². The van der Waals surface area contributed by atoms with E-state index in [0.29, 0.717) is 30.5 Å². The highest BCUT2D eigenvalue weighted by molar-refractivity contribution is 7.90. The Balaban J connectivity index is 1.41. The summed E-state index contributed by atoms with van der Waals surface area (Å²) in [6.07, 6.45) is 4.73. The maximum Gasteiger partial charge on any atom is 0.252 e. The molecule has 11 heteroatoms. The van der Waals surface area contributed by atoms with Gasteiger partial charge in [0.15, 0.2) is 21.5 Å². The van der Waals surface area contributed by atoms with Gasteiger partial charge in [0.25, 0.3) is 5.91 Å². The number of aromatic nitrogens is 3. The fraction of sp³-hybridized carbons (Fsp3) is 0.269. The quantitative estimate of drug-likeness (QED) is 0.428. The number of aromatic amines is 1. The van der Waals surface area contributed by atoms with E-state index in [2.05, 4.69) is 9.97 Å². The highest BCUT2D eigenvalue weighted by atomic mass is 32.2. The van der Waals surface area contributed by atoms with Gasteiger partial charge in [-0.25, -0.2) is 18.4 Å². The summed E-state index contributed by atoms with van der Waals surface area (Å²) in [6.45, 7) is 1.58. The van der Waals surface area contributed by atoms with Crippen molar-refractivity contribution in [2.45, 2.75) is 17.5 Å². The number of H-pyrrole nitrogens is 1. The van der Waals surface area contributed by atoms with Gasteiger partial charge in [0.05, 0.1) is 38.0 Å². The van der Waals surface area contributed by atoms with Gasteiger partial charge in [-0.3, -0.25) is 4.79 Å². The van der Waals surface area contributed by atoms with Gasteiger partial charge in [0.1, 0.15) is 17.5 Å². The Bertz CT molecular complexity index is 1620. The number of hydrogen-bond acceptors (Lipinski definition) is 8. The molecule has 1 fully saturated rings. The second-order valence-electron chi connectivity index (χ2n) is 9.14. The molecule has 1 atom stereocenters. The van der Waals surface area contributed by atoms with Gasteiger partial charge < -0.3 is 24.3 Å². The monoisotopic (exact) mass is 519 g/mol. The number of benzene rings is 2. The first-order valence-corrected chi connectivity index (χ1v) is 13.7. The molecule has 2 aromatic carbocycles. The number of methoxy groups -OCH3 is 1. The summed E-state index contributed by atoms with van der Waals surface area (Å²) in [5.41, 5.74) is 3.17. The van der Waals surface area contributed by atoms with E-state index in [-0.39, 0.29) is 24.0 Å². The number of nitrogens with zero attached hydrogens (tertiary/aromatic N) is 4. The molecule has 1 saturated heterocycles. The molecule has 2 aliphatic rings. The Morgan fingerprint density at radius 1 is 1.19 bits per heavy atom. The van der Waals surface area contributed by atoms with Crippen LogP contribution >= 0.6 is 0 Å². The van der Waals surface area contributed by atoms with Crippen LogP contribution in [0.15, 0.2) is 59.8 Å². The average molecular weight is 520 g/mol. The third-order valence-corrected chi connectivity index (χ3v) is 7.94. The molecule has 37 heavy (non-hydrogen) atoms. The highest BCUT2D eigenvalue weighted by Gasteiger charge is 2.41. The number of carbonyl (C=O) groups excluding carboxylic acids is 1. The molecule has 4 heterocycles. The predicted octanol–water partition coefficient (Wildman–Crippen LogP) is 2.79. The van der Waals surface area contributed by atoms with Gasteiger partial charge in [-0.05, 0) is 29.8 Å². The fourth-order valence-electron chi connectivity index (χ4n) is 4.86. The summed E-state index contributed by atoms with van der Waals surface area (Å²) in [7, 11) is -1.68. The van der Waals surface area contributed by atoms with E-state index in [9.17, 15) is 13.2 Å². The van der Waals surface area contributed by atoms with Crippen LogP contribution in [-0.4, -0.2) is 68.4 Å². The molecule has 0 bridgehead atoms. The van der Waals surface area contributed by atoms with E-state index < -0.39 is 15.9 Å². The number of carbonyl (C=O) groups is 1. The molecule has 4 aromatic rings. The van der Waals surface area contributed by atoms with Crippen LogP contribution in [0.1, 0.15) is 5.56 Å². The van der Waals surface area contributed by atoms with Crippen molar-refractivity contribution < 1.29 is 22.7 Å². The minimum absolute atomic E-state index is 0.102. The third-order valence-electron chi connectivity index (χ3n) is 6.81. The molecule has 10 nitrogen and oxygen atoms in total. The van der Waals surface area contributed by atoms with Crippen LogP contribution in [0.25, 0.3) is 22.3 Å². The number of nitrogens with one attached hydrogen (secondary N) is 1. The van der Waals surface area contributed by atoms with Crippen LogP contribution in [0.2, 0.25) is 0 Å². The van der Waals surface area contributed by atoms with Crippen LogP contribution in [0, 0.1) is 0 Å². The number of hydrogen-bond donors (Lipinski definition) is 1. The smallest absolute Gasteiger partial charge is 0.252 e. The Morgan fingerprint density at radius 3 is 2.76 bits per heavy atom. The number of rotatable bonds is 5. The van der Waals surface area contributed by atoms with Crippen LogP contribution in [0.5, 0.6) is 5.75 Å². The lowest BCUT2D eigenvalue weighted by atomic mass is 10.1. The zero-order chi connectivity index (χ0) is 25.7. The lowest BCUT2D eigenvalue weighted by Crippen LogP contribution is -2.58. The zero-order valence-electron chi connectivity index (χ0n) is 20.3. The van der Waals surface area contributed by atoms with Crippen LogP contribution < -0.4 is 14.5 Å². The van der Waals surface area contributed by atoms with Crippen molar-refractivity contribution in [1.29, 1.82) is 0 Å². The van der Waals surface area contributed by atoms with E-state index in [4.69, 9.17) is 14.5 Å². The molecule has 1 unspecified atom stereocenters. The molecule has 0 spiro atoms. The van der Waals surface area contributed by atoms with Gasteiger partial charge in [0, 0.05) is 41.5 Å². The first-order valence-electron chi connectivity index (χ1n) is 11.8. The Kier molecular flexibility index (Phi) is 5.61. The van der Waals surface area contributed by atoms with Crippen molar-refractivity contribution in [2.24, 2.45) is 0 Å². The van der Waals surface area contributed by atoms with E-state index in [0.717, 1.165) is 27.8 Å². The van der Waals surface area contributed by atoms with Crippen LogP contribution in [0.4, 0.5) is 11.5 Å². The number of sulfone groups is 1. The molecule has 6 rings (SSSR count). The third kappa shape index (κ3) is 4.09. The standard InChI is InChI=1S/C26H25N5O5S/c1-35-17-5-8-19-20(12-27-21(19)11-17)24-28-13-22-25(29-24)30-9-10-36-15-23(30)26(32)31(22)14-16-3-6-18(7-4-16)37(2,33)34/h3-8,11-13,23,27H,9-10,14-15H2,1-2H3. The van der Waals surface area contributed by atoms with E-state index in [1.165, 1.54) is 6.26 Å². The fourth-order valence-corrected chi connectivity index (χ4v) is 5.49. The molecule has 0 radical (unpaired) electrons. The van der Waals surface area contributed by atoms with Gasteiger partial charge >= 0.3 is 0 Å². The molecule has 1 N–H and O–H groups in total. The van der Waals surface area contributed by atoms with Crippen molar-refractivity contribution in [3.63, 3.8) is 0 Å². The number of anilines is 2. The largest absolute Gasteiger partial charge is 0.497 e. The van der Waals surface area contributed by atoms with E-state index in [1.807, 2.05) is 29.3 Å². The summed E-state index contributed by atoms with van der Waals surface area (Å²) in [5.74, 6) is 1.87. The number of fused-ring (bicyclic) bond motifs is 4. The van der Waals surface area contributed by atoms with Crippen molar-refractivity contribution >= 4 is 38.2 Å². The first kappa shape index (κ1) is 23.4. The minimum atomic E-state index is -3.31. The second kappa shape index (κ2) is 8.86. The summed E-state index contributed by atoms with van der Waals surface area (Å²) in [4.78, 5) is 30.3. The Labute approximate surface area is 213 Å². The molecular weight excluding hydrogens is 494 g/mol. The van der Waals surface area contributed by atoms with Crippen molar-refractivity contribution in [1.82, 2.24) is 15.0 Å². The first-order chi connectivity index (χ1) is 17.8. The van der Waals surface area contributed by atoms with E-state index in [1.54, 1.807) is 42.5 Å². The lowest BCUT2D eigenvalue weighted by Gasteiger charge is -2.43. The number of amides is 1. The van der Waals surface area contributed by atoms with Gasteiger partial charge in [-0.15, -0.1) is 0 Å². The Morgan fingerprint density at radius 2 is 2.00 bits per heavy atom. The van der Waals surface area contributed by atoms with Gasteiger partial charge in [0.2, 0.25) is 0 Å². The minimum Gasteiger partial charge on any atom is -0.497 e. The summed E-state index contributed by atoms with van der Waals surface area (Å²) < 4.78 is 34.7. The summed E-state index contributed by atoms with van der Waals surface area (Å²) >= 11 is 0. The van der Waals surface area contributed by atoms with Crippen LogP contribution in [-0.2, 0) is 25.9 Å². The second-order valence-corrected chi connectivity index (χ2v) is 11.2. The summed E-state index contributed by atoms with van der Waals surface area (Å²) in [6, 6.07) is 11.9. The van der Waals surface area contributed by atoms with E-state index >= 15 is 0 Å². The topological polar surface area (TPSA) is 118 Å². The predicted molar refractivity (Wildman–Crippen MR) is 139 cm³/mol. The van der Waals surface area contributed by atoms with Crippen LogP contribution in [0.3, 0.4) is 0 Å². The highest BCUT2D eigenvalue weighted by Crippen LogP contribution is 2.38. The maximum atomic E-state index is 13.5. The molecule has 0 saturated carbocycles. The molecule has 2 aromatic heterocycles. The SMILES string of the molecule is COc1ccc2c(-c3ncc4c(n3)N3CCOCC3C(=O)N4Cc3ccc(S(C)(=O)=O)cc3)c[nH]c2c1. The summed E-state index contributed by atoms with van der Waals surface area (Å²) in [5, 5.41) is 0.967. The molecule has 1 amide bonds. The van der Waals surface area contributed by atoms with Crippen molar-refractivity contribution in [2.75, 3.05) is 42.9 Å². The molecule has 2 aliphatic heterocycles. The lowest BCUT2D eigenvalue weighted by molar-refractivity contribution is -0.122. The van der Waals surface area contributed by atoms with Crippen molar-refractivity contribution in [3.05, 3.63) is 60.4 Å².